The number of benzene rings is 2. The molecule has 0 saturated carbocycles. The van der Waals surface area contributed by atoms with E-state index in [0.717, 1.165) is 28.6 Å². The first-order valence-corrected chi connectivity index (χ1v) is 12.8. The summed E-state index contributed by atoms with van der Waals surface area (Å²) in [6.45, 7) is 7.31. The van der Waals surface area contributed by atoms with Gasteiger partial charge in [-0.2, -0.15) is 4.31 Å². The van der Waals surface area contributed by atoms with Crippen molar-refractivity contribution in [1.82, 2.24) is 9.29 Å². The lowest BCUT2D eigenvalue weighted by Gasteiger charge is -2.34. The molecule has 1 aliphatic rings. The van der Waals surface area contributed by atoms with Crippen LogP contribution in [-0.4, -0.2) is 36.7 Å². The number of aryl methyl sites for hydroxylation is 1. The van der Waals surface area contributed by atoms with E-state index in [9.17, 15) is 13.2 Å². The maximum atomic E-state index is 13.0. The van der Waals surface area contributed by atoms with Crippen LogP contribution in [0.5, 0.6) is 0 Å². The van der Waals surface area contributed by atoms with E-state index < -0.39 is 10.0 Å². The highest BCUT2D eigenvalue weighted by atomic mass is 32.2. The van der Waals surface area contributed by atoms with Crippen LogP contribution in [0, 0.1) is 11.8 Å². The van der Waals surface area contributed by atoms with Gasteiger partial charge in [0.2, 0.25) is 10.0 Å². The van der Waals surface area contributed by atoms with Crippen LogP contribution in [-0.2, 0) is 16.4 Å². The van der Waals surface area contributed by atoms with Gasteiger partial charge < -0.3 is 0 Å². The van der Waals surface area contributed by atoms with Crippen LogP contribution in [0.2, 0.25) is 0 Å². The molecule has 3 aromatic rings. The van der Waals surface area contributed by atoms with Gasteiger partial charge in [-0.15, -0.1) is 0 Å². The quantitative estimate of drug-likeness (QED) is 0.598. The summed E-state index contributed by atoms with van der Waals surface area (Å²) in [5.74, 6) is 0.373. The van der Waals surface area contributed by atoms with Crippen molar-refractivity contribution in [2.75, 3.05) is 18.4 Å². The molecule has 1 aliphatic heterocycles. The van der Waals surface area contributed by atoms with Gasteiger partial charge in [0, 0.05) is 18.7 Å². The minimum Gasteiger partial charge on any atom is -0.298 e. The smallest absolute Gasteiger partial charge is 0.257 e. The monoisotopic (exact) mass is 457 g/mol. The summed E-state index contributed by atoms with van der Waals surface area (Å²) < 4.78 is 28.6. The van der Waals surface area contributed by atoms with Crippen molar-refractivity contribution in [2.24, 2.45) is 11.8 Å². The molecule has 2 heterocycles. The van der Waals surface area contributed by atoms with Crippen molar-refractivity contribution in [3.8, 4) is 0 Å². The molecule has 0 bridgehead atoms. The highest BCUT2D eigenvalue weighted by molar-refractivity contribution is 7.89. The number of hydrogen-bond acceptors (Lipinski definition) is 5. The molecular formula is C23H27N3O3S2. The largest absolute Gasteiger partial charge is 0.298 e. The Labute approximate surface area is 187 Å². The van der Waals surface area contributed by atoms with Crippen LogP contribution in [0.25, 0.3) is 10.2 Å². The fourth-order valence-electron chi connectivity index (χ4n) is 4.24. The number of piperidine rings is 1. The number of fused-ring (bicyclic) bond motifs is 1. The van der Waals surface area contributed by atoms with E-state index in [2.05, 4.69) is 31.1 Å². The fraction of sp³-hybridized carbons (Fsp3) is 0.391. The zero-order chi connectivity index (χ0) is 22.2. The van der Waals surface area contributed by atoms with Crippen molar-refractivity contribution in [3.05, 3.63) is 53.6 Å². The number of amides is 1. The number of hydrogen-bond donors (Lipinski definition) is 1. The lowest BCUT2D eigenvalue weighted by atomic mass is 9.94. The SMILES string of the molecule is CCc1cccc2sc(NC(=O)c3ccc(S(=O)(=O)N4C[C@H](C)C[C@H](C)C4)cc3)nc12. The molecule has 2 aromatic carbocycles. The third-order valence-corrected chi connectivity index (χ3v) is 8.48. The number of para-hydroxylation sites is 1. The van der Waals surface area contributed by atoms with Crippen LogP contribution >= 0.6 is 11.3 Å². The van der Waals surface area contributed by atoms with Gasteiger partial charge in [-0.05, 0) is 60.6 Å². The first-order valence-electron chi connectivity index (χ1n) is 10.6. The van der Waals surface area contributed by atoms with Crippen molar-refractivity contribution < 1.29 is 13.2 Å². The molecule has 0 aliphatic carbocycles. The predicted octanol–water partition coefficient (Wildman–Crippen LogP) is 4.78. The van der Waals surface area contributed by atoms with E-state index in [-0.39, 0.29) is 10.8 Å². The molecule has 0 spiro atoms. The maximum absolute atomic E-state index is 13.0. The fourth-order valence-corrected chi connectivity index (χ4v) is 6.83. The number of thiazole rings is 1. The van der Waals surface area contributed by atoms with Gasteiger partial charge >= 0.3 is 0 Å². The zero-order valence-electron chi connectivity index (χ0n) is 18.0. The summed E-state index contributed by atoms with van der Waals surface area (Å²) in [4.78, 5) is 17.5. The molecule has 0 radical (unpaired) electrons. The molecule has 6 nitrogen and oxygen atoms in total. The van der Waals surface area contributed by atoms with Crippen LogP contribution < -0.4 is 5.32 Å². The van der Waals surface area contributed by atoms with Crippen LogP contribution in [0.4, 0.5) is 5.13 Å². The number of carbonyl (C=O) groups excluding carboxylic acids is 1. The van der Waals surface area contributed by atoms with Gasteiger partial charge in [-0.25, -0.2) is 13.4 Å². The normalized spacial score (nSPS) is 20.1. The molecular weight excluding hydrogens is 430 g/mol. The zero-order valence-corrected chi connectivity index (χ0v) is 19.6. The number of nitrogens with one attached hydrogen (secondary N) is 1. The topological polar surface area (TPSA) is 79.4 Å². The minimum atomic E-state index is -3.56. The molecule has 164 valence electrons. The van der Waals surface area contributed by atoms with Crippen molar-refractivity contribution in [1.29, 1.82) is 0 Å². The molecule has 31 heavy (non-hydrogen) atoms. The summed E-state index contributed by atoms with van der Waals surface area (Å²) in [6, 6.07) is 12.2. The Bertz CT molecular complexity index is 1190. The lowest BCUT2D eigenvalue weighted by molar-refractivity contribution is 0.102. The summed E-state index contributed by atoms with van der Waals surface area (Å²) in [5, 5.41) is 3.38. The molecule has 1 fully saturated rings. The number of rotatable bonds is 5. The van der Waals surface area contributed by atoms with E-state index in [0.29, 0.717) is 35.6 Å². The Morgan fingerprint density at radius 1 is 1.13 bits per heavy atom. The Morgan fingerprint density at radius 2 is 1.81 bits per heavy atom. The van der Waals surface area contributed by atoms with E-state index in [4.69, 9.17) is 0 Å². The van der Waals surface area contributed by atoms with Gasteiger partial charge in [0.05, 0.1) is 15.1 Å². The predicted molar refractivity (Wildman–Crippen MR) is 125 cm³/mol. The standard InChI is InChI=1S/C23H27N3O3S2/c1-4-17-6-5-7-20-21(17)24-23(30-20)25-22(27)18-8-10-19(11-9-18)31(28,29)26-13-15(2)12-16(3)14-26/h5-11,15-16H,4,12-14H2,1-3H3,(H,24,25,27)/t15-,16+. The van der Waals surface area contributed by atoms with Crippen molar-refractivity contribution >= 4 is 42.6 Å². The maximum Gasteiger partial charge on any atom is 0.257 e. The Morgan fingerprint density at radius 3 is 2.45 bits per heavy atom. The second kappa shape index (κ2) is 8.68. The Kier molecular flexibility index (Phi) is 6.14. The average Bonchev–Trinajstić information content (AvgIpc) is 3.15. The lowest BCUT2D eigenvalue weighted by Crippen LogP contribution is -2.42. The van der Waals surface area contributed by atoms with E-state index >= 15 is 0 Å². The van der Waals surface area contributed by atoms with Gasteiger partial charge in [0.15, 0.2) is 5.13 Å². The summed E-state index contributed by atoms with van der Waals surface area (Å²) >= 11 is 1.43. The molecule has 1 N–H and O–H groups in total. The highest BCUT2D eigenvalue weighted by Crippen LogP contribution is 2.29. The molecule has 4 rings (SSSR count). The average molecular weight is 458 g/mol. The van der Waals surface area contributed by atoms with E-state index in [1.54, 1.807) is 16.4 Å². The van der Waals surface area contributed by atoms with Crippen molar-refractivity contribution in [2.45, 2.75) is 38.5 Å². The molecule has 1 saturated heterocycles. The molecule has 1 aromatic heterocycles. The van der Waals surface area contributed by atoms with E-state index in [1.165, 1.54) is 23.5 Å². The first kappa shape index (κ1) is 21.9. The highest BCUT2D eigenvalue weighted by Gasteiger charge is 2.31. The third kappa shape index (κ3) is 4.51. The number of nitrogens with zero attached hydrogens (tertiary/aromatic N) is 2. The number of anilines is 1. The Hall–Kier alpha value is -2.29. The summed E-state index contributed by atoms with van der Waals surface area (Å²) in [7, 11) is -3.56. The van der Waals surface area contributed by atoms with Gasteiger partial charge in [-0.3, -0.25) is 10.1 Å². The Balaban J connectivity index is 1.51. The van der Waals surface area contributed by atoms with Gasteiger partial charge in [-0.1, -0.05) is 44.2 Å². The second-order valence-electron chi connectivity index (χ2n) is 8.38. The first-order chi connectivity index (χ1) is 14.8. The second-order valence-corrected chi connectivity index (χ2v) is 11.4. The van der Waals surface area contributed by atoms with Crippen LogP contribution in [0.1, 0.15) is 43.1 Å². The van der Waals surface area contributed by atoms with Gasteiger partial charge in [0.1, 0.15) is 0 Å². The third-order valence-electron chi connectivity index (χ3n) is 5.69. The number of sulfonamides is 1. The van der Waals surface area contributed by atoms with Crippen molar-refractivity contribution in [3.63, 3.8) is 0 Å². The summed E-state index contributed by atoms with van der Waals surface area (Å²) in [5.41, 5.74) is 2.45. The number of aromatic nitrogens is 1. The summed E-state index contributed by atoms with van der Waals surface area (Å²) in [6.07, 6.45) is 1.91. The van der Waals surface area contributed by atoms with Crippen LogP contribution in [0.15, 0.2) is 47.4 Å². The van der Waals surface area contributed by atoms with Crippen LogP contribution in [0.3, 0.4) is 0 Å². The van der Waals surface area contributed by atoms with Gasteiger partial charge in [0.25, 0.3) is 5.91 Å². The molecule has 1 amide bonds. The minimum absolute atomic E-state index is 0.220. The molecule has 2 atom stereocenters. The molecule has 8 heteroatoms. The molecule has 0 unspecified atom stereocenters. The van der Waals surface area contributed by atoms with E-state index in [1.807, 2.05) is 18.2 Å². The number of carbonyl (C=O) groups is 1.